The molecule has 0 spiro atoms. The number of benzene rings is 1. The Morgan fingerprint density at radius 1 is 1.13 bits per heavy atom. The minimum atomic E-state index is -0.222. The van der Waals surface area contributed by atoms with Gasteiger partial charge in [-0.15, -0.1) is 0 Å². The minimum Gasteiger partial charge on any atom is -0.465 e. The highest BCUT2D eigenvalue weighted by molar-refractivity contribution is 6.32. The molecular formula is C23H28ClN3O3. The third-order valence-corrected chi connectivity index (χ3v) is 6.36. The monoisotopic (exact) mass is 429 g/mol. The highest BCUT2D eigenvalue weighted by Gasteiger charge is 2.28. The van der Waals surface area contributed by atoms with Crippen molar-refractivity contribution in [3.63, 3.8) is 0 Å². The van der Waals surface area contributed by atoms with Gasteiger partial charge in [-0.05, 0) is 57.6 Å². The zero-order valence-electron chi connectivity index (χ0n) is 17.9. The summed E-state index contributed by atoms with van der Waals surface area (Å²) in [6.07, 6.45) is 0. The van der Waals surface area contributed by atoms with Crippen LogP contribution in [0.4, 0.5) is 0 Å². The Hall–Kier alpha value is -2.28. The van der Waals surface area contributed by atoms with E-state index in [1.54, 1.807) is 0 Å². The normalized spacial score (nSPS) is 16.8. The van der Waals surface area contributed by atoms with Crippen LogP contribution in [0.25, 0.3) is 11.0 Å². The number of nitrogens with zero attached hydrogens (tertiary/aromatic N) is 2. The Bertz CT molecular complexity index is 1060. The van der Waals surface area contributed by atoms with E-state index in [1.165, 1.54) is 0 Å². The van der Waals surface area contributed by atoms with Gasteiger partial charge in [0.05, 0.1) is 6.04 Å². The van der Waals surface area contributed by atoms with E-state index in [2.05, 4.69) is 22.2 Å². The fourth-order valence-corrected chi connectivity index (χ4v) is 4.17. The molecule has 0 saturated carbocycles. The first-order valence-corrected chi connectivity index (χ1v) is 10.7. The van der Waals surface area contributed by atoms with E-state index in [4.69, 9.17) is 20.4 Å². The fraction of sp³-hybridized carbons (Fsp3) is 0.435. The first-order chi connectivity index (χ1) is 14.3. The Kier molecular flexibility index (Phi) is 5.91. The molecule has 1 aromatic carbocycles. The van der Waals surface area contributed by atoms with Crippen molar-refractivity contribution in [1.29, 1.82) is 0 Å². The van der Waals surface area contributed by atoms with Crippen LogP contribution in [-0.2, 0) is 0 Å². The smallest absolute Gasteiger partial charge is 0.287 e. The summed E-state index contributed by atoms with van der Waals surface area (Å²) in [7, 11) is 2.13. The molecule has 2 aromatic heterocycles. The van der Waals surface area contributed by atoms with Crippen molar-refractivity contribution in [3.8, 4) is 0 Å². The van der Waals surface area contributed by atoms with Crippen LogP contribution in [0, 0.1) is 20.8 Å². The Labute approximate surface area is 181 Å². The van der Waals surface area contributed by atoms with Crippen LogP contribution in [0.2, 0.25) is 5.02 Å². The van der Waals surface area contributed by atoms with Gasteiger partial charge in [-0.1, -0.05) is 11.6 Å². The number of rotatable bonds is 5. The van der Waals surface area contributed by atoms with Gasteiger partial charge in [-0.2, -0.15) is 0 Å². The van der Waals surface area contributed by atoms with Crippen molar-refractivity contribution in [3.05, 3.63) is 57.7 Å². The summed E-state index contributed by atoms with van der Waals surface area (Å²) in [6, 6.07) is 7.69. The van der Waals surface area contributed by atoms with Crippen molar-refractivity contribution >= 4 is 28.5 Å². The van der Waals surface area contributed by atoms with E-state index >= 15 is 0 Å². The van der Waals surface area contributed by atoms with Crippen LogP contribution in [0.3, 0.4) is 0 Å². The Morgan fingerprint density at radius 3 is 2.53 bits per heavy atom. The molecule has 0 radical (unpaired) electrons. The summed E-state index contributed by atoms with van der Waals surface area (Å²) >= 11 is 6.26. The van der Waals surface area contributed by atoms with Crippen molar-refractivity contribution in [2.45, 2.75) is 26.8 Å². The molecule has 0 bridgehead atoms. The fourth-order valence-electron chi connectivity index (χ4n) is 4.00. The molecule has 0 aliphatic carbocycles. The molecule has 4 rings (SSSR count). The van der Waals surface area contributed by atoms with E-state index in [9.17, 15) is 4.79 Å². The zero-order valence-corrected chi connectivity index (χ0v) is 18.7. The SMILES string of the molecule is Cc1ccc([C@@H](CNC(=O)c2oc3cc(C)c(Cl)cc3c2C)N2CCN(C)CC2)o1. The van der Waals surface area contributed by atoms with E-state index in [-0.39, 0.29) is 11.9 Å². The van der Waals surface area contributed by atoms with Gasteiger partial charge in [0.15, 0.2) is 5.76 Å². The van der Waals surface area contributed by atoms with Crippen LogP contribution < -0.4 is 5.32 Å². The number of hydrogen-bond acceptors (Lipinski definition) is 5. The summed E-state index contributed by atoms with van der Waals surface area (Å²) < 4.78 is 11.8. The van der Waals surface area contributed by atoms with E-state index in [0.29, 0.717) is 22.9 Å². The second kappa shape index (κ2) is 8.46. The van der Waals surface area contributed by atoms with Gasteiger partial charge in [-0.3, -0.25) is 9.69 Å². The lowest BCUT2D eigenvalue weighted by atomic mass is 10.1. The number of carbonyl (C=O) groups excluding carboxylic acids is 1. The second-order valence-electron chi connectivity index (χ2n) is 8.17. The molecule has 7 heteroatoms. The largest absolute Gasteiger partial charge is 0.465 e. The predicted molar refractivity (Wildman–Crippen MR) is 118 cm³/mol. The lowest BCUT2D eigenvalue weighted by Gasteiger charge is -2.37. The Morgan fingerprint density at radius 2 is 1.87 bits per heavy atom. The highest BCUT2D eigenvalue weighted by atomic mass is 35.5. The van der Waals surface area contributed by atoms with Crippen LogP contribution in [0.1, 0.15) is 39.2 Å². The molecule has 1 saturated heterocycles. The highest BCUT2D eigenvalue weighted by Crippen LogP contribution is 2.30. The molecular weight excluding hydrogens is 402 g/mol. The van der Waals surface area contributed by atoms with Gasteiger partial charge in [0.1, 0.15) is 17.1 Å². The van der Waals surface area contributed by atoms with Crippen molar-refractivity contribution in [2.24, 2.45) is 0 Å². The second-order valence-corrected chi connectivity index (χ2v) is 8.57. The quantitative estimate of drug-likeness (QED) is 0.654. The van der Waals surface area contributed by atoms with Gasteiger partial charge < -0.3 is 19.1 Å². The van der Waals surface area contributed by atoms with Gasteiger partial charge in [0, 0.05) is 48.7 Å². The maximum absolute atomic E-state index is 13.0. The molecule has 1 amide bonds. The third-order valence-electron chi connectivity index (χ3n) is 5.95. The van der Waals surface area contributed by atoms with Crippen LogP contribution in [0.5, 0.6) is 0 Å². The number of amides is 1. The average Bonchev–Trinajstić information content (AvgIpc) is 3.27. The molecule has 3 aromatic rings. The first-order valence-electron chi connectivity index (χ1n) is 10.3. The van der Waals surface area contributed by atoms with Gasteiger partial charge in [-0.25, -0.2) is 0 Å². The molecule has 6 nitrogen and oxygen atoms in total. The molecule has 160 valence electrons. The molecule has 1 aliphatic rings. The van der Waals surface area contributed by atoms with Crippen LogP contribution in [-0.4, -0.2) is 55.5 Å². The maximum Gasteiger partial charge on any atom is 0.287 e. The Balaban J connectivity index is 1.54. The van der Waals surface area contributed by atoms with E-state index in [1.807, 2.05) is 45.0 Å². The van der Waals surface area contributed by atoms with E-state index in [0.717, 1.165) is 54.2 Å². The van der Waals surface area contributed by atoms with Crippen LogP contribution in [0.15, 0.2) is 33.1 Å². The number of furan rings is 2. The lowest BCUT2D eigenvalue weighted by Crippen LogP contribution is -2.48. The summed E-state index contributed by atoms with van der Waals surface area (Å²) in [4.78, 5) is 17.7. The van der Waals surface area contributed by atoms with Gasteiger partial charge >= 0.3 is 0 Å². The molecule has 3 heterocycles. The number of carbonyl (C=O) groups is 1. The number of aryl methyl sites for hydroxylation is 3. The number of hydrogen-bond donors (Lipinski definition) is 1. The zero-order chi connectivity index (χ0) is 21.4. The van der Waals surface area contributed by atoms with Crippen molar-refractivity contribution < 1.29 is 13.6 Å². The number of nitrogens with one attached hydrogen (secondary N) is 1. The average molecular weight is 430 g/mol. The minimum absolute atomic E-state index is 0.0160. The molecule has 30 heavy (non-hydrogen) atoms. The molecule has 0 unspecified atom stereocenters. The predicted octanol–water partition coefficient (Wildman–Crippen LogP) is 4.32. The number of fused-ring (bicyclic) bond motifs is 1. The summed E-state index contributed by atoms with van der Waals surface area (Å²) in [6.45, 7) is 10.0. The molecule has 1 aliphatic heterocycles. The summed E-state index contributed by atoms with van der Waals surface area (Å²) in [5.41, 5.74) is 2.40. The van der Waals surface area contributed by atoms with Crippen LogP contribution >= 0.6 is 11.6 Å². The van der Waals surface area contributed by atoms with Crippen molar-refractivity contribution in [1.82, 2.24) is 15.1 Å². The topological polar surface area (TPSA) is 61.9 Å². The summed E-state index contributed by atoms with van der Waals surface area (Å²) in [5.74, 6) is 1.86. The van der Waals surface area contributed by atoms with E-state index < -0.39 is 0 Å². The first kappa shape index (κ1) is 21.0. The standard InChI is InChI=1S/C23H28ClN3O3/c1-14-11-21-17(12-18(14)24)16(3)22(30-21)23(28)25-13-19(20-6-5-15(2)29-20)27-9-7-26(4)8-10-27/h5-6,11-12,19H,7-10,13H2,1-4H3,(H,25,28)/t19-/m1/s1. The number of piperazine rings is 1. The van der Waals surface area contributed by atoms with Gasteiger partial charge in [0.2, 0.25) is 0 Å². The molecule has 1 fully saturated rings. The number of likely N-dealkylation sites (N-methyl/N-ethyl adjacent to an activating group) is 1. The number of halogens is 1. The lowest BCUT2D eigenvalue weighted by molar-refractivity contribution is 0.0831. The van der Waals surface area contributed by atoms with Gasteiger partial charge in [0.25, 0.3) is 5.91 Å². The maximum atomic E-state index is 13.0. The molecule has 1 atom stereocenters. The third kappa shape index (κ3) is 4.13. The summed E-state index contributed by atoms with van der Waals surface area (Å²) in [5, 5.41) is 4.60. The molecule has 1 N–H and O–H groups in total. The van der Waals surface area contributed by atoms with Crippen molar-refractivity contribution in [2.75, 3.05) is 39.8 Å².